The maximum atomic E-state index is 9.44. The highest BCUT2D eigenvalue weighted by atomic mass is 16.3. The van der Waals surface area contributed by atoms with Gasteiger partial charge in [-0.05, 0) is 24.6 Å². The normalized spacial score (nSPS) is 12.8. The fraction of sp³-hybridized carbons (Fsp3) is 0.400. The van der Waals surface area contributed by atoms with Crippen LogP contribution < -0.4 is 5.73 Å². The van der Waals surface area contributed by atoms with Crippen LogP contribution in [0.2, 0.25) is 0 Å². The SMILES string of the molecule is CCC[C@H](N)c1cc(O)ccc1O. The van der Waals surface area contributed by atoms with Crippen molar-refractivity contribution in [2.75, 3.05) is 0 Å². The van der Waals surface area contributed by atoms with Gasteiger partial charge in [-0.2, -0.15) is 0 Å². The van der Waals surface area contributed by atoms with Gasteiger partial charge in [-0.15, -0.1) is 0 Å². The maximum Gasteiger partial charge on any atom is 0.120 e. The minimum absolute atomic E-state index is 0.138. The molecule has 3 heteroatoms. The molecule has 1 aromatic rings. The standard InChI is InChI=1S/C10H15NO2/c1-2-3-9(11)8-6-7(12)4-5-10(8)13/h4-6,9,12-13H,2-3,11H2,1H3/t9-/m0/s1. The highest BCUT2D eigenvalue weighted by Gasteiger charge is 2.10. The Morgan fingerprint density at radius 1 is 1.38 bits per heavy atom. The second kappa shape index (κ2) is 4.14. The van der Waals surface area contributed by atoms with Gasteiger partial charge < -0.3 is 15.9 Å². The van der Waals surface area contributed by atoms with Gasteiger partial charge in [0.25, 0.3) is 0 Å². The molecule has 0 spiro atoms. The number of phenolic OH excluding ortho intramolecular Hbond substituents is 2. The smallest absolute Gasteiger partial charge is 0.120 e. The van der Waals surface area contributed by atoms with E-state index >= 15 is 0 Å². The molecule has 72 valence electrons. The number of hydrogen-bond acceptors (Lipinski definition) is 3. The molecule has 0 amide bonds. The average molecular weight is 181 g/mol. The van der Waals surface area contributed by atoms with E-state index < -0.39 is 0 Å². The van der Waals surface area contributed by atoms with Crippen molar-refractivity contribution in [3.05, 3.63) is 23.8 Å². The van der Waals surface area contributed by atoms with Crippen molar-refractivity contribution in [2.45, 2.75) is 25.8 Å². The maximum absolute atomic E-state index is 9.44. The lowest BCUT2D eigenvalue weighted by Crippen LogP contribution is -2.09. The summed E-state index contributed by atoms with van der Waals surface area (Å²) in [5.74, 6) is 0.290. The summed E-state index contributed by atoms with van der Waals surface area (Å²) in [4.78, 5) is 0. The van der Waals surface area contributed by atoms with Crippen LogP contribution in [0.25, 0.3) is 0 Å². The first-order valence-corrected chi connectivity index (χ1v) is 4.42. The van der Waals surface area contributed by atoms with Gasteiger partial charge in [-0.1, -0.05) is 13.3 Å². The van der Waals surface area contributed by atoms with Gasteiger partial charge in [0.2, 0.25) is 0 Å². The number of nitrogens with two attached hydrogens (primary N) is 1. The van der Waals surface area contributed by atoms with E-state index in [0.29, 0.717) is 5.56 Å². The van der Waals surface area contributed by atoms with Crippen LogP contribution in [-0.2, 0) is 0 Å². The molecule has 1 atom stereocenters. The molecule has 0 fully saturated rings. The summed E-state index contributed by atoms with van der Waals surface area (Å²) >= 11 is 0. The van der Waals surface area contributed by atoms with Crippen LogP contribution >= 0.6 is 0 Å². The van der Waals surface area contributed by atoms with E-state index in [4.69, 9.17) is 5.73 Å². The van der Waals surface area contributed by atoms with Crippen molar-refractivity contribution < 1.29 is 10.2 Å². The van der Waals surface area contributed by atoms with E-state index in [-0.39, 0.29) is 17.5 Å². The minimum Gasteiger partial charge on any atom is -0.508 e. The van der Waals surface area contributed by atoms with Crippen molar-refractivity contribution >= 4 is 0 Å². The van der Waals surface area contributed by atoms with Crippen molar-refractivity contribution in [1.29, 1.82) is 0 Å². The van der Waals surface area contributed by atoms with Gasteiger partial charge in [-0.25, -0.2) is 0 Å². The fourth-order valence-electron chi connectivity index (χ4n) is 1.31. The molecule has 0 bridgehead atoms. The molecular formula is C10H15NO2. The molecule has 0 radical (unpaired) electrons. The molecule has 1 rings (SSSR count). The molecule has 13 heavy (non-hydrogen) atoms. The summed E-state index contributed by atoms with van der Waals surface area (Å²) in [5.41, 5.74) is 6.42. The monoisotopic (exact) mass is 181 g/mol. The Balaban J connectivity index is 2.91. The average Bonchev–Trinajstić information content (AvgIpc) is 2.09. The zero-order valence-corrected chi connectivity index (χ0v) is 7.70. The quantitative estimate of drug-likeness (QED) is 0.624. The Labute approximate surface area is 77.8 Å². The minimum atomic E-state index is -0.197. The Morgan fingerprint density at radius 2 is 2.08 bits per heavy atom. The van der Waals surface area contributed by atoms with Crippen molar-refractivity contribution in [2.24, 2.45) is 5.73 Å². The van der Waals surface area contributed by atoms with Crippen LogP contribution in [0.5, 0.6) is 11.5 Å². The zero-order chi connectivity index (χ0) is 9.84. The van der Waals surface area contributed by atoms with E-state index in [9.17, 15) is 10.2 Å². The molecule has 0 saturated carbocycles. The van der Waals surface area contributed by atoms with Crippen LogP contribution in [0.3, 0.4) is 0 Å². The van der Waals surface area contributed by atoms with Gasteiger partial charge in [-0.3, -0.25) is 0 Å². The van der Waals surface area contributed by atoms with Crippen LogP contribution in [-0.4, -0.2) is 10.2 Å². The molecule has 0 aromatic heterocycles. The summed E-state index contributed by atoms with van der Waals surface area (Å²) in [7, 11) is 0. The first kappa shape index (κ1) is 9.86. The molecule has 0 aliphatic rings. The largest absolute Gasteiger partial charge is 0.508 e. The van der Waals surface area contributed by atoms with E-state index in [1.165, 1.54) is 18.2 Å². The molecule has 4 N–H and O–H groups in total. The summed E-state index contributed by atoms with van der Waals surface area (Å²) < 4.78 is 0. The van der Waals surface area contributed by atoms with Gasteiger partial charge >= 0.3 is 0 Å². The second-order valence-electron chi connectivity index (χ2n) is 3.14. The second-order valence-corrected chi connectivity index (χ2v) is 3.14. The molecular weight excluding hydrogens is 166 g/mol. The van der Waals surface area contributed by atoms with Crippen LogP contribution in [0.1, 0.15) is 31.4 Å². The highest BCUT2D eigenvalue weighted by Crippen LogP contribution is 2.28. The lowest BCUT2D eigenvalue weighted by atomic mass is 10.0. The van der Waals surface area contributed by atoms with Gasteiger partial charge in [0, 0.05) is 11.6 Å². The highest BCUT2D eigenvalue weighted by molar-refractivity contribution is 5.40. The first-order chi connectivity index (χ1) is 6.15. The number of benzene rings is 1. The molecule has 3 nitrogen and oxygen atoms in total. The molecule has 0 unspecified atom stereocenters. The van der Waals surface area contributed by atoms with Crippen molar-refractivity contribution in [1.82, 2.24) is 0 Å². The lowest BCUT2D eigenvalue weighted by Gasteiger charge is -2.12. The molecule has 0 saturated heterocycles. The molecule has 0 heterocycles. The lowest BCUT2D eigenvalue weighted by molar-refractivity contribution is 0.445. The van der Waals surface area contributed by atoms with Crippen LogP contribution in [0.4, 0.5) is 0 Å². The van der Waals surface area contributed by atoms with E-state index in [1.807, 2.05) is 6.92 Å². The number of phenols is 2. The fourth-order valence-corrected chi connectivity index (χ4v) is 1.31. The third-order valence-electron chi connectivity index (χ3n) is 2.01. The van der Waals surface area contributed by atoms with E-state index in [0.717, 1.165) is 12.8 Å². The van der Waals surface area contributed by atoms with Crippen molar-refractivity contribution in [3.8, 4) is 11.5 Å². The van der Waals surface area contributed by atoms with Gasteiger partial charge in [0.15, 0.2) is 0 Å². The van der Waals surface area contributed by atoms with E-state index in [1.54, 1.807) is 0 Å². The predicted octanol–water partition coefficient (Wildman–Crippen LogP) is 1.90. The summed E-state index contributed by atoms with van der Waals surface area (Å²) in [5, 5.41) is 18.6. The first-order valence-electron chi connectivity index (χ1n) is 4.42. The third-order valence-corrected chi connectivity index (χ3v) is 2.01. The summed E-state index contributed by atoms with van der Waals surface area (Å²) in [6.45, 7) is 2.03. The van der Waals surface area contributed by atoms with Gasteiger partial charge in [0.1, 0.15) is 11.5 Å². The topological polar surface area (TPSA) is 66.5 Å². The van der Waals surface area contributed by atoms with Crippen LogP contribution in [0, 0.1) is 0 Å². The molecule has 1 aromatic carbocycles. The number of hydrogen-bond donors (Lipinski definition) is 3. The Bertz CT molecular complexity index is 286. The Hall–Kier alpha value is -1.22. The summed E-state index contributed by atoms with van der Waals surface area (Å²) in [6, 6.07) is 4.21. The molecule has 0 aliphatic carbocycles. The third kappa shape index (κ3) is 2.36. The van der Waals surface area contributed by atoms with E-state index in [2.05, 4.69) is 0 Å². The summed E-state index contributed by atoms with van der Waals surface area (Å²) in [6.07, 6.45) is 1.76. The number of rotatable bonds is 3. The number of aromatic hydroxyl groups is 2. The van der Waals surface area contributed by atoms with Crippen LogP contribution in [0.15, 0.2) is 18.2 Å². The van der Waals surface area contributed by atoms with Crippen molar-refractivity contribution in [3.63, 3.8) is 0 Å². The zero-order valence-electron chi connectivity index (χ0n) is 7.70. The molecule has 0 aliphatic heterocycles. The van der Waals surface area contributed by atoms with Gasteiger partial charge in [0.05, 0.1) is 0 Å². The Kier molecular flexibility index (Phi) is 3.14. The Morgan fingerprint density at radius 3 is 2.69 bits per heavy atom. The predicted molar refractivity (Wildman–Crippen MR) is 51.6 cm³/mol.